The second kappa shape index (κ2) is 3.03. The van der Waals surface area contributed by atoms with E-state index in [0.717, 1.165) is 19.4 Å². The molecule has 2 atom stereocenters. The predicted molar refractivity (Wildman–Crippen MR) is 43.6 cm³/mol. The Morgan fingerprint density at radius 2 is 2.17 bits per heavy atom. The van der Waals surface area contributed by atoms with Crippen LogP contribution in [0.1, 0.15) is 19.3 Å². The van der Waals surface area contributed by atoms with Crippen molar-refractivity contribution in [1.29, 1.82) is 0 Å². The molecule has 2 fully saturated rings. The molecule has 0 unspecified atom stereocenters. The van der Waals surface area contributed by atoms with Crippen molar-refractivity contribution in [3.05, 3.63) is 0 Å². The standard InChI is InChI=1S/C8H14N2O2/c11-6-3-4-9-7(6)8(12)10-5-1-2-5/h5-7,9,11H,1-4H2,(H,10,12)/t6-,7-/m0/s1. The highest BCUT2D eigenvalue weighted by molar-refractivity contribution is 5.83. The fourth-order valence-electron chi connectivity index (χ4n) is 1.48. The second-order valence-corrected chi connectivity index (χ2v) is 3.57. The Bertz CT molecular complexity index is 191. The number of amides is 1. The van der Waals surface area contributed by atoms with Crippen LogP contribution in [0.4, 0.5) is 0 Å². The number of hydrogen-bond acceptors (Lipinski definition) is 3. The van der Waals surface area contributed by atoms with E-state index < -0.39 is 6.10 Å². The van der Waals surface area contributed by atoms with Gasteiger partial charge in [-0.2, -0.15) is 0 Å². The zero-order valence-corrected chi connectivity index (χ0v) is 6.92. The maximum atomic E-state index is 11.4. The highest BCUT2D eigenvalue weighted by Gasteiger charge is 2.34. The van der Waals surface area contributed by atoms with E-state index in [2.05, 4.69) is 10.6 Å². The van der Waals surface area contributed by atoms with Crippen molar-refractivity contribution >= 4 is 5.91 Å². The lowest BCUT2D eigenvalue weighted by Gasteiger charge is -2.13. The monoisotopic (exact) mass is 170 g/mol. The summed E-state index contributed by atoms with van der Waals surface area (Å²) < 4.78 is 0. The summed E-state index contributed by atoms with van der Waals surface area (Å²) >= 11 is 0. The zero-order chi connectivity index (χ0) is 8.55. The van der Waals surface area contributed by atoms with Crippen molar-refractivity contribution in [1.82, 2.24) is 10.6 Å². The van der Waals surface area contributed by atoms with Crippen LogP contribution in [0.5, 0.6) is 0 Å². The highest BCUT2D eigenvalue weighted by Crippen LogP contribution is 2.19. The average molecular weight is 170 g/mol. The second-order valence-electron chi connectivity index (χ2n) is 3.57. The van der Waals surface area contributed by atoms with Crippen molar-refractivity contribution < 1.29 is 9.90 Å². The molecule has 4 heteroatoms. The normalized spacial score (nSPS) is 35.1. The lowest BCUT2D eigenvalue weighted by molar-refractivity contribution is -0.124. The van der Waals surface area contributed by atoms with Crippen molar-refractivity contribution in [3.8, 4) is 0 Å². The lowest BCUT2D eigenvalue weighted by atomic mass is 10.1. The molecule has 2 aliphatic rings. The number of nitrogens with one attached hydrogen (secondary N) is 2. The molecule has 68 valence electrons. The summed E-state index contributed by atoms with van der Waals surface area (Å²) in [7, 11) is 0. The summed E-state index contributed by atoms with van der Waals surface area (Å²) in [6, 6.07) is 0.0118. The Morgan fingerprint density at radius 1 is 1.42 bits per heavy atom. The Balaban J connectivity index is 1.84. The number of aliphatic hydroxyl groups is 1. The van der Waals surface area contributed by atoms with Crippen LogP contribution in [0.3, 0.4) is 0 Å². The van der Waals surface area contributed by atoms with Crippen LogP contribution in [-0.4, -0.2) is 35.7 Å². The summed E-state index contributed by atoms with van der Waals surface area (Å²) in [5.74, 6) is -0.0394. The molecule has 0 bridgehead atoms. The maximum Gasteiger partial charge on any atom is 0.240 e. The number of carbonyl (C=O) groups is 1. The number of carbonyl (C=O) groups excluding carboxylic acids is 1. The summed E-state index contributed by atoms with van der Waals surface area (Å²) in [4.78, 5) is 11.4. The molecule has 1 amide bonds. The highest BCUT2D eigenvalue weighted by atomic mass is 16.3. The minimum Gasteiger partial charge on any atom is -0.391 e. The molecule has 1 saturated heterocycles. The van der Waals surface area contributed by atoms with Crippen LogP contribution in [0, 0.1) is 0 Å². The molecule has 2 rings (SSSR count). The van der Waals surface area contributed by atoms with E-state index in [4.69, 9.17) is 0 Å². The summed E-state index contributed by atoms with van der Waals surface area (Å²) in [5.41, 5.74) is 0. The molecular weight excluding hydrogens is 156 g/mol. The van der Waals surface area contributed by atoms with Crippen molar-refractivity contribution in [2.75, 3.05) is 6.54 Å². The summed E-state index contributed by atoms with van der Waals surface area (Å²) in [6.45, 7) is 0.740. The van der Waals surface area contributed by atoms with Gasteiger partial charge in [0, 0.05) is 6.04 Å². The SMILES string of the molecule is O=C(NC1CC1)[C@H]1NCC[C@@H]1O. The van der Waals surface area contributed by atoms with Gasteiger partial charge in [0.1, 0.15) is 6.04 Å². The van der Waals surface area contributed by atoms with Crippen LogP contribution < -0.4 is 10.6 Å². The Hall–Kier alpha value is -0.610. The van der Waals surface area contributed by atoms with Crippen LogP contribution in [0.15, 0.2) is 0 Å². The fraction of sp³-hybridized carbons (Fsp3) is 0.875. The van der Waals surface area contributed by atoms with Gasteiger partial charge in [-0.05, 0) is 25.8 Å². The Kier molecular flexibility index (Phi) is 2.02. The molecule has 1 aliphatic heterocycles. The van der Waals surface area contributed by atoms with Gasteiger partial charge in [0.2, 0.25) is 5.91 Å². The molecule has 0 spiro atoms. The van der Waals surface area contributed by atoms with Crippen LogP contribution in [0.25, 0.3) is 0 Å². The third-order valence-electron chi connectivity index (χ3n) is 2.40. The average Bonchev–Trinajstić information content (AvgIpc) is 2.72. The Labute approximate surface area is 71.3 Å². The third-order valence-corrected chi connectivity index (χ3v) is 2.40. The number of rotatable bonds is 2. The maximum absolute atomic E-state index is 11.4. The van der Waals surface area contributed by atoms with Gasteiger partial charge in [-0.3, -0.25) is 4.79 Å². The molecule has 3 N–H and O–H groups in total. The topological polar surface area (TPSA) is 61.4 Å². The van der Waals surface area contributed by atoms with Gasteiger partial charge < -0.3 is 15.7 Å². The number of hydrogen-bond donors (Lipinski definition) is 3. The molecule has 0 aromatic rings. The first-order valence-corrected chi connectivity index (χ1v) is 4.49. The fourth-order valence-corrected chi connectivity index (χ4v) is 1.48. The molecule has 0 aromatic heterocycles. The minimum absolute atomic E-state index is 0.0394. The van der Waals surface area contributed by atoms with Crippen LogP contribution in [-0.2, 0) is 4.79 Å². The van der Waals surface area contributed by atoms with Gasteiger partial charge in [0.05, 0.1) is 6.10 Å². The summed E-state index contributed by atoms with van der Waals surface area (Å²) in [5, 5.41) is 15.2. The van der Waals surface area contributed by atoms with E-state index in [0.29, 0.717) is 12.5 Å². The molecule has 1 heterocycles. The molecule has 4 nitrogen and oxygen atoms in total. The molecule has 0 aromatic carbocycles. The summed E-state index contributed by atoms with van der Waals surface area (Å²) in [6.07, 6.45) is 2.37. The third kappa shape index (κ3) is 1.59. The molecule has 1 saturated carbocycles. The van der Waals surface area contributed by atoms with Crippen LogP contribution >= 0.6 is 0 Å². The van der Waals surface area contributed by atoms with E-state index in [1.165, 1.54) is 0 Å². The first kappa shape index (κ1) is 8.01. The predicted octanol–water partition coefficient (Wildman–Crippen LogP) is -1.01. The van der Waals surface area contributed by atoms with E-state index >= 15 is 0 Å². The zero-order valence-electron chi connectivity index (χ0n) is 6.92. The quantitative estimate of drug-likeness (QED) is 0.497. The van der Waals surface area contributed by atoms with Gasteiger partial charge in [-0.15, -0.1) is 0 Å². The van der Waals surface area contributed by atoms with Crippen molar-refractivity contribution in [2.24, 2.45) is 0 Å². The number of aliphatic hydroxyl groups excluding tert-OH is 1. The minimum atomic E-state index is -0.497. The molecular formula is C8H14N2O2. The molecule has 12 heavy (non-hydrogen) atoms. The van der Waals surface area contributed by atoms with Gasteiger partial charge >= 0.3 is 0 Å². The van der Waals surface area contributed by atoms with E-state index in [1.54, 1.807) is 0 Å². The van der Waals surface area contributed by atoms with Gasteiger partial charge in [0.15, 0.2) is 0 Å². The van der Waals surface area contributed by atoms with Gasteiger partial charge in [-0.1, -0.05) is 0 Å². The largest absolute Gasteiger partial charge is 0.391 e. The van der Waals surface area contributed by atoms with E-state index in [9.17, 15) is 9.90 Å². The van der Waals surface area contributed by atoms with Crippen molar-refractivity contribution in [2.45, 2.75) is 37.5 Å². The van der Waals surface area contributed by atoms with E-state index in [1.807, 2.05) is 0 Å². The van der Waals surface area contributed by atoms with E-state index in [-0.39, 0.29) is 11.9 Å². The van der Waals surface area contributed by atoms with Crippen LogP contribution in [0.2, 0.25) is 0 Å². The molecule has 1 aliphatic carbocycles. The first-order valence-electron chi connectivity index (χ1n) is 4.49. The smallest absolute Gasteiger partial charge is 0.240 e. The van der Waals surface area contributed by atoms with Gasteiger partial charge in [-0.25, -0.2) is 0 Å². The first-order chi connectivity index (χ1) is 5.77. The lowest BCUT2D eigenvalue weighted by Crippen LogP contribution is -2.46. The Morgan fingerprint density at radius 3 is 2.67 bits per heavy atom. The van der Waals surface area contributed by atoms with Gasteiger partial charge in [0.25, 0.3) is 0 Å². The van der Waals surface area contributed by atoms with Crippen molar-refractivity contribution in [3.63, 3.8) is 0 Å². The molecule has 0 radical (unpaired) electrons.